The molecule has 1 aliphatic rings. The number of benzene rings is 1. The summed E-state index contributed by atoms with van der Waals surface area (Å²) in [5, 5.41) is 8.79. The van der Waals surface area contributed by atoms with E-state index >= 15 is 0 Å². The van der Waals surface area contributed by atoms with Crippen LogP contribution < -0.4 is 10.5 Å². The van der Waals surface area contributed by atoms with Crippen molar-refractivity contribution in [1.29, 1.82) is 0 Å². The molecule has 0 spiro atoms. The smallest absolute Gasteiger partial charge is 0.317 e. The fourth-order valence-corrected chi connectivity index (χ4v) is 2.24. The lowest BCUT2D eigenvalue weighted by Crippen LogP contribution is -2.35. The van der Waals surface area contributed by atoms with Crippen LogP contribution in [0.25, 0.3) is 0 Å². The molecule has 1 aromatic rings. The lowest BCUT2D eigenvalue weighted by molar-refractivity contribution is -0.138. The fraction of sp³-hybridized carbons (Fsp3) is 0.417. The predicted octanol–water partition coefficient (Wildman–Crippen LogP) is 0.720. The first-order valence-electron chi connectivity index (χ1n) is 5.50. The molecule has 0 aliphatic carbocycles. The Morgan fingerprint density at radius 3 is 2.94 bits per heavy atom. The zero-order valence-electron chi connectivity index (χ0n) is 9.77. The monoisotopic (exact) mass is 236 g/mol. The van der Waals surface area contributed by atoms with E-state index in [4.69, 9.17) is 15.6 Å². The Balaban J connectivity index is 2.28. The Kier molecular flexibility index (Phi) is 3.19. The van der Waals surface area contributed by atoms with Crippen LogP contribution in [0.3, 0.4) is 0 Å². The highest BCUT2D eigenvalue weighted by atomic mass is 16.5. The van der Waals surface area contributed by atoms with E-state index in [2.05, 4.69) is 0 Å². The maximum atomic E-state index is 10.7. The highest BCUT2D eigenvalue weighted by Crippen LogP contribution is 2.31. The summed E-state index contributed by atoms with van der Waals surface area (Å²) in [6.07, 6.45) is 0.775. The van der Waals surface area contributed by atoms with E-state index in [1.807, 2.05) is 17.0 Å². The van der Waals surface area contributed by atoms with Gasteiger partial charge in [-0.25, -0.2) is 0 Å². The molecule has 0 saturated heterocycles. The third kappa shape index (κ3) is 2.34. The number of carboxylic acid groups (broad SMARTS) is 1. The number of fused-ring (bicyclic) bond motifs is 1. The zero-order valence-corrected chi connectivity index (χ0v) is 9.77. The van der Waals surface area contributed by atoms with Gasteiger partial charge in [0.1, 0.15) is 5.75 Å². The highest BCUT2D eigenvalue weighted by molar-refractivity contribution is 5.69. The third-order valence-corrected chi connectivity index (χ3v) is 3.06. The number of hydrogen-bond donors (Lipinski definition) is 2. The largest absolute Gasteiger partial charge is 0.496 e. The molecule has 0 amide bonds. The van der Waals surface area contributed by atoms with E-state index in [-0.39, 0.29) is 6.54 Å². The number of hydrogen-bond acceptors (Lipinski definition) is 4. The second kappa shape index (κ2) is 4.63. The van der Waals surface area contributed by atoms with Crippen molar-refractivity contribution in [2.24, 2.45) is 0 Å². The molecule has 0 unspecified atom stereocenters. The zero-order chi connectivity index (χ0) is 12.4. The van der Waals surface area contributed by atoms with Gasteiger partial charge >= 0.3 is 5.97 Å². The number of aliphatic carboxylic acids is 1. The fourth-order valence-electron chi connectivity index (χ4n) is 2.24. The van der Waals surface area contributed by atoms with Crippen molar-refractivity contribution in [3.63, 3.8) is 0 Å². The van der Waals surface area contributed by atoms with Gasteiger partial charge in [-0.05, 0) is 24.1 Å². The minimum Gasteiger partial charge on any atom is -0.496 e. The summed E-state index contributed by atoms with van der Waals surface area (Å²) in [6.45, 7) is 1.35. The van der Waals surface area contributed by atoms with Gasteiger partial charge < -0.3 is 15.6 Å². The number of nitrogen functional groups attached to an aromatic ring is 1. The third-order valence-electron chi connectivity index (χ3n) is 3.06. The van der Waals surface area contributed by atoms with Gasteiger partial charge in [-0.1, -0.05) is 0 Å². The summed E-state index contributed by atoms with van der Waals surface area (Å²) < 4.78 is 5.29. The molecule has 3 N–H and O–H groups in total. The number of rotatable bonds is 3. The van der Waals surface area contributed by atoms with Gasteiger partial charge in [0.25, 0.3) is 0 Å². The first kappa shape index (κ1) is 11.7. The van der Waals surface area contributed by atoms with Crippen molar-refractivity contribution in [2.45, 2.75) is 13.0 Å². The number of nitrogens with zero attached hydrogens (tertiary/aromatic N) is 1. The van der Waals surface area contributed by atoms with Gasteiger partial charge in [-0.2, -0.15) is 0 Å². The molecule has 0 radical (unpaired) electrons. The number of methoxy groups -OCH3 is 1. The maximum absolute atomic E-state index is 10.7. The maximum Gasteiger partial charge on any atom is 0.317 e. The molecule has 0 atom stereocenters. The Hall–Kier alpha value is -1.75. The SMILES string of the molecule is COc1ccc(N)c2c1CCN(CC(=O)O)C2. The van der Waals surface area contributed by atoms with Gasteiger partial charge in [0.2, 0.25) is 0 Å². The molecule has 2 rings (SSSR count). The molecule has 0 bridgehead atoms. The molecule has 1 aliphatic heterocycles. The van der Waals surface area contributed by atoms with Crippen molar-refractivity contribution in [1.82, 2.24) is 4.90 Å². The van der Waals surface area contributed by atoms with Crippen molar-refractivity contribution in [3.05, 3.63) is 23.3 Å². The topological polar surface area (TPSA) is 75.8 Å². The van der Waals surface area contributed by atoms with Gasteiger partial charge in [0.15, 0.2) is 0 Å². The lowest BCUT2D eigenvalue weighted by atomic mass is 9.97. The van der Waals surface area contributed by atoms with Crippen molar-refractivity contribution in [2.75, 3.05) is 25.9 Å². The molecule has 92 valence electrons. The molecule has 0 fully saturated rings. The summed E-state index contributed by atoms with van der Waals surface area (Å²) in [5.41, 5.74) is 8.74. The second-order valence-electron chi connectivity index (χ2n) is 4.17. The van der Waals surface area contributed by atoms with E-state index < -0.39 is 5.97 Å². The minimum atomic E-state index is -0.810. The summed E-state index contributed by atoms with van der Waals surface area (Å²) >= 11 is 0. The van der Waals surface area contributed by atoms with E-state index in [1.54, 1.807) is 7.11 Å². The Bertz CT molecular complexity index is 446. The normalized spacial score (nSPS) is 15.4. The summed E-state index contributed by atoms with van der Waals surface area (Å²) in [4.78, 5) is 12.6. The van der Waals surface area contributed by atoms with Crippen LogP contribution >= 0.6 is 0 Å². The average molecular weight is 236 g/mol. The van der Waals surface area contributed by atoms with E-state index in [9.17, 15) is 4.79 Å². The van der Waals surface area contributed by atoms with Gasteiger partial charge in [0.05, 0.1) is 13.7 Å². The van der Waals surface area contributed by atoms with Crippen molar-refractivity contribution >= 4 is 11.7 Å². The molecule has 5 nitrogen and oxygen atoms in total. The van der Waals surface area contributed by atoms with Crippen LogP contribution in [0.15, 0.2) is 12.1 Å². The highest BCUT2D eigenvalue weighted by Gasteiger charge is 2.22. The molecular weight excluding hydrogens is 220 g/mol. The van der Waals surface area contributed by atoms with Crippen molar-refractivity contribution < 1.29 is 14.6 Å². The number of nitrogens with two attached hydrogens (primary N) is 1. The van der Waals surface area contributed by atoms with E-state index in [0.29, 0.717) is 12.2 Å². The number of carbonyl (C=O) groups is 1. The standard InChI is InChI=1S/C12H16N2O3/c1-17-11-3-2-10(13)9-6-14(7-12(15)16)5-4-8(9)11/h2-3H,4-7,13H2,1H3,(H,15,16). The Morgan fingerprint density at radius 2 is 2.29 bits per heavy atom. The van der Waals surface area contributed by atoms with E-state index in [0.717, 1.165) is 29.8 Å². The van der Waals surface area contributed by atoms with Crippen LogP contribution in [0.2, 0.25) is 0 Å². The predicted molar refractivity (Wildman–Crippen MR) is 64.0 cm³/mol. The molecule has 1 aromatic carbocycles. The van der Waals surface area contributed by atoms with Crippen LogP contribution in [0.5, 0.6) is 5.75 Å². The van der Waals surface area contributed by atoms with Crippen LogP contribution in [-0.2, 0) is 17.8 Å². The van der Waals surface area contributed by atoms with Crippen LogP contribution in [0.1, 0.15) is 11.1 Å². The van der Waals surface area contributed by atoms with Crippen LogP contribution in [0.4, 0.5) is 5.69 Å². The van der Waals surface area contributed by atoms with Crippen LogP contribution in [0, 0.1) is 0 Å². The molecule has 1 heterocycles. The quantitative estimate of drug-likeness (QED) is 0.756. The van der Waals surface area contributed by atoms with Crippen molar-refractivity contribution in [3.8, 4) is 5.75 Å². The van der Waals surface area contributed by atoms with Gasteiger partial charge in [-0.3, -0.25) is 9.69 Å². The Morgan fingerprint density at radius 1 is 1.53 bits per heavy atom. The van der Waals surface area contributed by atoms with E-state index in [1.165, 1.54) is 0 Å². The summed E-state index contributed by atoms with van der Waals surface area (Å²) in [5.74, 6) is 0.0269. The van der Waals surface area contributed by atoms with Crippen LogP contribution in [-0.4, -0.2) is 36.2 Å². The average Bonchev–Trinajstić information content (AvgIpc) is 2.29. The first-order valence-corrected chi connectivity index (χ1v) is 5.50. The lowest BCUT2D eigenvalue weighted by Gasteiger charge is -2.29. The summed E-state index contributed by atoms with van der Waals surface area (Å²) in [7, 11) is 1.63. The molecule has 0 aromatic heterocycles. The second-order valence-corrected chi connectivity index (χ2v) is 4.17. The number of ether oxygens (including phenoxy) is 1. The summed E-state index contributed by atoms with van der Waals surface area (Å²) in [6, 6.07) is 3.67. The number of carboxylic acids is 1. The first-order chi connectivity index (χ1) is 8.11. The Labute approximate surface area is 99.8 Å². The minimum absolute atomic E-state index is 0.0517. The molecular formula is C12H16N2O3. The molecule has 17 heavy (non-hydrogen) atoms. The van der Waals surface area contributed by atoms with Gasteiger partial charge in [-0.15, -0.1) is 0 Å². The number of anilines is 1. The molecule has 5 heteroatoms. The van der Waals surface area contributed by atoms with Gasteiger partial charge in [0, 0.05) is 24.3 Å². The molecule has 0 saturated carbocycles.